The van der Waals surface area contributed by atoms with Gasteiger partial charge in [0.05, 0.1) is 11.2 Å². The molecule has 0 aliphatic heterocycles. The minimum absolute atomic E-state index is 0.284. The van der Waals surface area contributed by atoms with Crippen LogP contribution in [0, 0.1) is 0 Å². The summed E-state index contributed by atoms with van der Waals surface area (Å²) in [5, 5.41) is 0. The highest BCUT2D eigenvalue weighted by molar-refractivity contribution is 5.89. The molecule has 0 atom stereocenters. The Kier molecular flexibility index (Phi) is 5.34. The van der Waals surface area contributed by atoms with Crippen molar-refractivity contribution >= 4 is 5.97 Å². The molecule has 3 nitrogen and oxygen atoms in total. The first kappa shape index (κ1) is 16.2. The lowest BCUT2D eigenvalue weighted by molar-refractivity contribution is -0.0140. The van der Waals surface area contributed by atoms with E-state index in [9.17, 15) is 4.79 Å². The second-order valence-electron chi connectivity index (χ2n) is 5.58. The van der Waals surface area contributed by atoms with Gasteiger partial charge in [0.1, 0.15) is 6.61 Å². The summed E-state index contributed by atoms with van der Waals surface area (Å²) >= 11 is 0. The molecule has 0 fully saturated rings. The molecule has 2 aromatic carbocycles. The zero-order valence-corrected chi connectivity index (χ0v) is 13.3. The van der Waals surface area contributed by atoms with Crippen molar-refractivity contribution in [2.24, 2.45) is 0 Å². The monoisotopic (exact) mass is 298 g/mol. The van der Waals surface area contributed by atoms with Crippen LogP contribution in [0.2, 0.25) is 0 Å². The fraction of sp³-hybridized carbons (Fsp3) is 0.316. The van der Waals surface area contributed by atoms with Crippen LogP contribution in [0.25, 0.3) is 0 Å². The van der Waals surface area contributed by atoms with E-state index in [-0.39, 0.29) is 18.2 Å². The maximum absolute atomic E-state index is 12.1. The Hall–Kier alpha value is -2.13. The van der Waals surface area contributed by atoms with Crippen molar-refractivity contribution in [2.45, 2.75) is 33.0 Å². The molecule has 22 heavy (non-hydrogen) atoms. The number of carbonyl (C=O) groups excluding carboxylic acids is 1. The van der Waals surface area contributed by atoms with Gasteiger partial charge in [0, 0.05) is 6.61 Å². The van der Waals surface area contributed by atoms with Gasteiger partial charge in [0.15, 0.2) is 0 Å². The Balaban J connectivity index is 1.99. The largest absolute Gasteiger partial charge is 0.457 e. The van der Waals surface area contributed by atoms with Crippen LogP contribution in [0.1, 0.15) is 42.3 Å². The van der Waals surface area contributed by atoms with Crippen molar-refractivity contribution < 1.29 is 14.3 Å². The van der Waals surface area contributed by atoms with Crippen LogP contribution in [-0.2, 0) is 21.7 Å². The highest BCUT2D eigenvalue weighted by Gasteiger charge is 2.20. The van der Waals surface area contributed by atoms with Crippen LogP contribution in [0.5, 0.6) is 0 Å². The van der Waals surface area contributed by atoms with E-state index in [0.29, 0.717) is 12.2 Å². The van der Waals surface area contributed by atoms with E-state index in [1.54, 1.807) is 12.1 Å². The van der Waals surface area contributed by atoms with Gasteiger partial charge < -0.3 is 9.47 Å². The molecule has 0 bridgehead atoms. The first-order valence-corrected chi connectivity index (χ1v) is 7.48. The number of hydrogen-bond donors (Lipinski definition) is 0. The second kappa shape index (κ2) is 7.23. The third-order valence-electron chi connectivity index (χ3n) is 3.53. The molecule has 116 valence electrons. The van der Waals surface area contributed by atoms with Crippen LogP contribution < -0.4 is 0 Å². The summed E-state index contributed by atoms with van der Waals surface area (Å²) < 4.78 is 11.0. The van der Waals surface area contributed by atoms with E-state index in [2.05, 4.69) is 0 Å². The van der Waals surface area contributed by atoms with E-state index in [4.69, 9.17) is 9.47 Å². The molecule has 0 aliphatic carbocycles. The third-order valence-corrected chi connectivity index (χ3v) is 3.53. The van der Waals surface area contributed by atoms with Gasteiger partial charge in [-0.1, -0.05) is 42.5 Å². The molecule has 0 spiro atoms. The Morgan fingerprint density at radius 1 is 1.00 bits per heavy atom. The molecular weight excluding hydrogens is 276 g/mol. The van der Waals surface area contributed by atoms with Crippen LogP contribution in [0.3, 0.4) is 0 Å². The van der Waals surface area contributed by atoms with Gasteiger partial charge in [-0.3, -0.25) is 0 Å². The summed E-state index contributed by atoms with van der Waals surface area (Å²) in [4.78, 5) is 12.1. The molecule has 0 heterocycles. The van der Waals surface area contributed by atoms with Gasteiger partial charge in [0.2, 0.25) is 0 Å². The number of benzene rings is 2. The maximum Gasteiger partial charge on any atom is 0.338 e. The zero-order chi connectivity index (χ0) is 16.0. The lowest BCUT2D eigenvalue weighted by atomic mass is 9.97. The van der Waals surface area contributed by atoms with Crippen molar-refractivity contribution in [1.82, 2.24) is 0 Å². The Morgan fingerprint density at radius 3 is 2.23 bits per heavy atom. The summed E-state index contributed by atoms with van der Waals surface area (Å²) in [6, 6.07) is 17.0. The number of hydrogen-bond acceptors (Lipinski definition) is 3. The summed E-state index contributed by atoms with van der Waals surface area (Å²) in [6.07, 6.45) is 0. The topological polar surface area (TPSA) is 35.5 Å². The van der Waals surface area contributed by atoms with Crippen molar-refractivity contribution in [3.8, 4) is 0 Å². The van der Waals surface area contributed by atoms with Gasteiger partial charge in [-0.05, 0) is 44.0 Å². The summed E-state index contributed by atoms with van der Waals surface area (Å²) in [5.41, 5.74) is 2.20. The summed E-state index contributed by atoms with van der Waals surface area (Å²) in [6.45, 7) is 6.93. The summed E-state index contributed by atoms with van der Waals surface area (Å²) in [5.74, 6) is -0.315. The molecular formula is C19H22O3. The van der Waals surface area contributed by atoms with E-state index in [1.807, 2.05) is 63.2 Å². The average Bonchev–Trinajstić information content (AvgIpc) is 2.54. The smallest absolute Gasteiger partial charge is 0.338 e. The van der Waals surface area contributed by atoms with Gasteiger partial charge in [-0.25, -0.2) is 4.79 Å². The van der Waals surface area contributed by atoms with Crippen molar-refractivity contribution in [3.63, 3.8) is 0 Å². The molecule has 0 saturated carbocycles. The first-order chi connectivity index (χ1) is 10.5. The van der Waals surface area contributed by atoms with E-state index < -0.39 is 0 Å². The first-order valence-electron chi connectivity index (χ1n) is 7.48. The van der Waals surface area contributed by atoms with E-state index >= 15 is 0 Å². The molecule has 3 heteroatoms. The number of rotatable bonds is 6. The Morgan fingerprint density at radius 2 is 1.64 bits per heavy atom. The highest BCUT2D eigenvalue weighted by atomic mass is 16.5. The normalized spacial score (nSPS) is 11.2. The minimum Gasteiger partial charge on any atom is -0.457 e. The van der Waals surface area contributed by atoms with Gasteiger partial charge in [0.25, 0.3) is 0 Å². The van der Waals surface area contributed by atoms with Crippen molar-refractivity contribution in [1.29, 1.82) is 0 Å². The van der Waals surface area contributed by atoms with E-state index in [1.165, 1.54) is 0 Å². The predicted molar refractivity (Wildman–Crippen MR) is 86.7 cm³/mol. The molecule has 0 aromatic heterocycles. The van der Waals surface area contributed by atoms with Crippen molar-refractivity contribution in [2.75, 3.05) is 6.61 Å². The lowest BCUT2D eigenvalue weighted by Crippen LogP contribution is -2.21. The van der Waals surface area contributed by atoms with Crippen LogP contribution in [-0.4, -0.2) is 12.6 Å². The Bertz CT molecular complexity index is 600. The SMILES string of the molecule is CCOC(C)(C)c1ccc(C(=O)OCc2ccccc2)cc1. The van der Waals surface area contributed by atoms with E-state index in [0.717, 1.165) is 11.1 Å². The van der Waals surface area contributed by atoms with Gasteiger partial charge >= 0.3 is 5.97 Å². The molecule has 0 amide bonds. The number of esters is 1. The van der Waals surface area contributed by atoms with Crippen LogP contribution in [0.4, 0.5) is 0 Å². The third kappa shape index (κ3) is 4.18. The standard InChI is InChI=1S/C19H22O3/c1-4-22-19(2,3)17-12-10-16(11-13-17)18(20)21-14-15-8-6-5-7-9-15/h5-13H,4,14H2,1-3H3. The van der Waals surface area contributed by atoms with Gasteiger partial charge in [-0.15, -0.1) is 0 Å². The molecule has 0 radical (unpaired) electrons. The maximum atomic E-state index is 12.1. The zero-order valence-electron chi connectivity index (χ0n) is 13.3. The number of carbonyl (C=O) groups is 1. The van der Waals surface area contributed by atoms with Gasteiger partial charge in [-0.2, -0.15) is 0 Å². The quantitative estimate of drug-likeness (QED) is 0.745. The summed E-state index contributed by atoms with van der Waals surface area (Å²) in [7, 11) is 0. The second-order valence-corrected chi connectivity index (χ2v) is 5.58. The molecule has 2 aromatic rings. The highest BCUT2D eigenvalue weighted by Crippen LogP contribution is 2.24. The fourth-order valence-electron chi connectivity index (χ4n) is 2.26. The average molecular weight is 298 g/mol. The molecule has 0 saturated heterocycles. The van der Waals surface area contributed by atoms with Crippen molar-refractivity contribution in [3.05, 3.63) is 71.3 Å². The Labute approximate surface area is 131 Å². The lowest BCUT2D eigenvalue weighted by Gasteiger charge is -2.25. The van der Waals surface area contributed by atoms with Crippen LogP contribution in [0.15, 0.2) is 54.6 Å². The molecule has 2 rings (SSSR count). The fourth-order valence-corrected chi connectivity index (χ4v) is 2.26. The molecule has 0 aliphatic rings. The molecule has 0 N–H and O–H groups in total. The molecule has 0 unspecified atom stereocenters. The van der Waals surface area contributed by atoms with Crippen LogP contribution >= 0.6 is 0 Å². The minimum atomic E-state index is -0.360. The predicted octanol–water partition coefficient (Wildman–Crippen LogP) is 4.32. The number of ether oxygens (including phenoxy) is 2.